The van der Waals surface area contributed by atoms with Crippen molar-refractivity contribution in [3.63, 3.8) is 0 Å². The number of nitrogens with one attached hydrogen (secondary N) is 4. The third-order valence-corrected chi connectivity index (χ3v) is 5.05. The topological polar surface area (TPSA) is 261 Å². The molecule has 0 unspecified atom stereocenters. The van der Waals surface area contributed by atoms with Crippen LogP contribution in [0, 0.1) is 5.92 Å². The zero-order chi connectivity index (χ0) is 26.6. The summed E-state index contributed by atoms with van der Waals surface area (Å²) < 4.78 is 0. The third kappa shape index (κ3) is 9.56. The molecule has 0 fully saturated rings. The van der Waals surface area contributed by atoms with Crippen molar-refractivity contribution in [2.75, 3.05) is 19.8 Å². The first kappa shape index (κ1) is 31.1. The highest BCUT2D eigenvalue weighted by Crippen LogP contribution is 2.06. The lowest BCUT2D eigenvalue weighted by atomic mass is 9.98. The van der Waals surface area contributed by atoms with Crippen LogP contribution >= 0.6 is 0 Å². The summed E-state index contributed by atoms with van der Waals surface area (Å²) in [5, 5.41) is 54.9. The lowest BCUT2D eigenvalue weighted by Gasteiger charge is -2.27. The molecule has 0 saturated carbocycles. The molecule has 0 aromatic rings. The fraction of sp³-hybridized carbons (Fsp3) is 0.737. The minimum absolute atomic E-state index is 0.221. The van der Waals surface area contributed by atoms with Crippen molar-refractivity contribution in [1.82, 2.24) is 21.3 Å². The van der Waals surface area contributed by atoms with Gasteiger partial charge in [-0.05, 0) is 12.8 Å². The number of hydrogen-bond donors (Lipinski definition) is 10. The van der Waals surface area contributed by atoms with Crippen molar-refractivity contribution in [2.24, 2.45) is 11.7 Å². The average molecular weight is 494 g/mol. The molecular formula is C19H35N5O10. The van der Waals surface area contributed by atoms with E-state index in [9.17, 15) is 39.3 Å². The number of aliphatic hydroxyl groups is 4. The van der Waals surface area contributed by atoms with Crippen LogP contribution in [0.3, 0.4) is 0 Å². The average Bonchev–Trinajstić information content (AvgIpc) is 2.80. The van der Waals surface area contributed by atoms with E-state index in [1.54, 1.807) is 6.92 Å². The number of hydrogen-bond acceptors (Lipinski definition) is 10. The highest BCUT2D eigenvalue weighted by molar-refractivity contribution is 5.95. The minimum atomic E-state index is -1.69. The molecule has 0 aliphatic heterocycles. The molecule has 0 heterocycles. The lowest BCUT2D eigenvalue weighted by molar-refractivity contribution is -0.143. The third-order valence-electron chi connectivity index (χ3n) is 5.05. The summed E-state index contributed by atoms with van der Waals surface area (Å²) in [6.07, 6.45) is -0.823. The Labute approximate surface area is 196 Å². The summed E-state index contributed by atoms with van der Waals surface area (Å²) in [4.78, 5) is 60.2. The summed E-state index contributed by atoms with van der Waals surface area (Å²) in [6, 6.07) is -7.52. The van der Waals surface area contributed by atoms with Crippen LogP contribution in [0.4, 0.5) is 0 Å². The van der Waals surface area contributed by atoms with Crippen LogP contribution in [-0.4, -0.2) is 111 Å². The van der Waals surface area contributed by atoms with Gasteiger partial charge >= 0.3 is 5.97 Å². The van der Waals surface area contributed by atoms with E-state index in [-0.39, 0.29) is 5.92 Å². The molecule has 0 radical (unpaired) electrons. The Kier molecular flexibility index (Phi) is 13.9. The summed E-state index contributed by atoms with van der Waals surface area (Å²) in [5.74, 6) is -5.80. The number of aliphatic hydroxyl groups excluding tert-OH is 4. The molecule has 196 valence electrons. The van der Waals surface area contributed by atoms with Crippen molar-refractivity contribution in [2.45, 2.75) is 63.5 Å². The fourth-order valence-electron chi connectivity index (χ4n) is 2.55. The smallest absolute Gasteiger partial charge is 0.328 e. The SMILES string of the molecule is CC[C@H](C)[C@H](N)C(=O)N[C@H](C(=O)N[C@H](CO)C(=O)N[C@@H](CO)C(=O)N[C@@H](CO)C(=O)O)[C@H](C)O. The molecule has 0 aromatic heterocycles. The molecule has 11 N–H and O–H groups in total. The molecule has 7 atom stereocenters. The molecule has 0 aliphatic rings. The van der Waals surface area contributed by atoms with E-state index in [0.29, 0.717) is 6.42 Å². The van der Waals surface area contributed by atoms with Gasteiger partial charge in [0.15, 0.2) is 0 Å². The highest BCUT2D eigenvalue weighted by atomic mass is 16.4. The van der Waals surface area contributed by atoms with Gasteiger partial charge in [0.2, 0.25) is 23.6 Å². The van der Waals surface area contributed by atoms with Gasteiger partial charge in [-0.1, -0.05) is 20.3 Å². The molecule has 15 nitrogen and oxygen atoms in total. The van der Waals surface area contributed by atoms with Crippen LogP contribution in [0.25, 0.3) is 0 Å². The second kappa shape index (κ2) is 15.1. The molecule has 0 rings (SSSR count). The van der Waals surface area contributed by atoms with Gasteiger partial charge in [0.05, 0.1) is 32.0 Å². The van der Waals surface area contributed by atoms with Gasteiger partial charge in [0.1, 0.15) is 24.2 Å². The number of carbonyl (C=O) groups is 5. The Hall–Kier alpha value is -2.85. The Balaban J connectivity index is 5.27. The second-order valence-corrected chi connectivity index (χ2v) is 7.71. The Bertz CT molecular complexity index is 720. The van der Waals surface area contributed by atoms with Crippen LogP contribution in [0.5, 0.6) is 0 Å². The van der Waals surface area contributed by atoms with E-state index in [4.69, 9.17) is 15.9 Å². The quantitative estimate of drug-likeness (QED) is 0.103. The van der Waals surface area contributed by atoms with Crippen molar-refractivity contribution >= 4 is 29.6 Å². The maximum atomic E-state index is 12.6. The number of nitrogens with two attached hydrogens (primary N) is 1. The summed E-state index contributed by atoms with van der Waals surface area (Å²) in [5.41, 5.74) is 5.81. The first-order chi connectivity index (χ1) is 15.8. The molecule has 0 bridgehead atoms. The van der Waals surface area contributed by atoms with E-state index < -0.39 is 85.7 Å². The Morgan fingerprint density at radius 1 is 0.735 bits per heavy atom. The summed E-state index contributed by atoms with van der Waals surface area (Å²) in [6.45, 7) is 1.86. The zero-order valence-corrected chi connectivity index (χ0v) is 19.2. The second-order valence-electron chi connectivity index (χ2n) is 7.71. The minimum Gasteiger partial charge on any atom is -0.480 e. The van der Waals surface area contributed by atoms with Gasteiger partial charge in [0.25, 0.3) is 0 Å². The number of rotatable bonds is 15. The molecule has 0 aromatic carbocycles. The van der Waals surface area contributed by atoms with Gasteiger partial charge in [-0.15, -0.1) is 0 Å². The number of carboxylic acids is 1. The molecule has 0 saturated heterocycles. The first-order valence-electron chi connectivity index (χ1n) is 10.5. The van der Waals surface area contributed by atoms with Gasteiger partial charge in [-0.2, -0.15) is 0 Å². The predicted octanol–water partition coefficient (Wildman–Crippen LogP) is -5.26. The number of amides is 4. The van der Waals surface area contributed by atoms with E-state index in [1.165, 1.54) is 6.92 Å². The maximum absolute atomic E-state index is 12.6. The monoisotopic (exact) mass is 493 g/mol. The lowest BCUT2D eigenvalue weighted by Crippen LogP contribution is -2.62. The predicted molar refractivity (Wildman–Crippen MR) is 116 cm³/mol. The van der Waals surface area contributed by atoms with Crippen molar-refractivity contribution < 1.29 is 49.5 Å². The molecule has 4 amide bonds. The Morgan fingerprint density at radius 3 is 1.50 bits per heavy atom. The molecule has 15 heteroatoms. The highest BCUT2D eigenvalue weighted by Gasteiger charge is 2.33. The standard InChI is InChI=1S/C19H35N5O10/c1-4-8(2)13(20)17(31)24-14(9(3)28)18(32)22-11(6-26)15(29)21-10(5-25)16(30)23-12(7-27)19(33)34/h8-14,25-28H,4-7,20H2,1-3H3,(H,21,29)(H,22,32)(H,23,30)(H,24,31)(H,33,34)/t8-,9-,10-,11+,12-,13-,14-/m0/s1. The van der Waals surface area contributed by atoms with E-state index in [0.717, 1.165) is 0 Å². The van der Waals surface area contributed by atoms with Gasteiger partial charge in [-0.3, -0.25) is 19.2 Å². The van der Waals surface area contributed by atoms with Crippen LogP contribution < -0.4 is 27.0 Å². The van der Waals surface area contributed by atoms with Crippen LogP contribution in [-0.2, 0) is 24.0 Å². The van der Waals surface area contributed by atoms with Gasteiger partial charge < -0.3 is 52.5 Å². The van der Waals surface area contributed by atoms with Gasteiger partial charge in [0, 0.05) is 0 Å². The fourth-order valence-corrected chi connectivity index (χ4v) is 2.55. The van der Waals surface area contributed by atoms with E-state index >= 15 is 0 Å². The molecular weight excluding hydrogens is 458 g/mol. The van der Waals surface area contributed by atoms with E-state index in [2.05, 4.69) is 10.6 Å². The van der Waals surface area contributed by atoms with Crippen molar-refractivity contribution in [3.8, 4) is 0 Å². The number of aliphatic carboxylic acids is 1. The maximum Gasteiger partial charge on any atom is 0.328 e. The van der Waals surface area contributed by atoms with Crippen LogP contribution in [0.2, 0.25) is 0 Å². The summed E-state index contributed by atoms with van der Waals surface area (Å²) in [7, 11) is 0. The normalized spacial score (nSPS) is 17.2. The van der Waals surface area contributed by atoms with Crippen molar-refractivity contribution in [1.29, 1.82) is 0 Å². The molecule has 0 aliphatic carbocycles. The first-order valence-corrected chi connectivity index (χ1v) is 10.5. The Morgan fingerprint density at radius 2 is 1.15 bits per heavy atom. The zero-order valence-electron chi connectivity index (χ0n) is 19.2. The van der Waals surface area contributed by atoms with Crippen LogP contribution in [0.1, 0.15) is 27.2 Å². The van der Waals surface area contributed by atoms with Crippen LogP contribution in [0.15, 0.2) is 0 Å². The van der Waals surface area contributed by atoms with Crippen molar-refractivity contribution in [3.05, 3.63) is 0 Å². The molecule has 34 heavy (non-hydrogen) atoms. The van der Waals surface area contributed by atoms with Gasteiger partial charge in [-0.25, -0.2) is 4.79 Å². The summed E-state index contributed by atoms with van der Waals surface area (Å²) >= 11 is 0. The number of carboxylic acid groups (broad SMARTS) is 1. The number of carbonyl (C=O) groups excluding carboxylic acids is 4. The molecule has 0 spiro atoms. The largest absolute Gasteiger partial charge is 0.480 e. The van der Waals surface area contributed by atoms with E-state index in [1.807, 2.05) is 17.6 Å².